The number of methoxy groups -OCH3 is 1. The summed E-state index contributed by atoms with van der Waals surface area (Å²) in [6, 6.07) is 4.89. The van der Waals surface area contributed by atoms with Crippen molar-refractivity contribution in [1.29, 1.82) is 0 Å². The van der Waals surface area contributed by atoms with Crippen LogP contribution in [-0.4, -0.2) is 34.3 Å². The summed E-state index contributed by atoms with van der Waals surface area (Å²) in [5.74, 6) is 1.12. The van der Waals surface area contributed by atoms with Crippen molar-refractivity contribution in [3.05, 3.63) is 33.9 Å². The Morgan fingerprint density at radius 3 is 2.70 bits per heavy atom. The zero-order chi connectivity index (χ0) is 15.1. The Balaban J connectivity index is 2.65. The lowest BCUT2D eigenvalue weighted by Gasteiger charge is -2.13. The Labute approximate surface area is 121 Å². The molecular weight excluding hydrogens is 280 g/mol. The summed E-state index contributed by atoms with van der Waals surface area (Å²) in [6.07, 6.45) is 2.48. The van der Waals surface area contributed by atoms with Crippen LogP contribution in [0.4, 0.5) is 5.69 Å². The van der Waals surface area contributed by atoms with E-state index in [0.29, 0.717) is 18.0 Å². The monoisotopic (exact) mass is 300 g/mol. The van der Waals surface area contributed by atoms with Gasteiger partial charge in [0.25, 0.3) is 5.69 Å². The van der Waals surface area contributed by atoms with Gasteiger partial charge in [0, 0.05) is 41.5 Å². The molecule has 6 nitrogen and oxygen atoms in total. The molecule has 0 saturated heterocycles. The van der Waals surface area contributed by atoms with Gasteiger partial charge in [0.15, 0.2) is 0 Å². The highest BCUT2D eigenvalue weighted by Crippen LogP contribution is 2.22. The number of hydrogen-bond acceptors (Lipinski definition) is 5. The summed E-state index contributed by atoms with van der Waals surface area (Å²) in [6.45, 7) is 2.51. The lowest BCUT2D eigenvalue weighted by molar-refractivity contribution is -0.385. The van der Waals surface area contributed by atoms with E-state index >= 15 is 0 Å². The molecule has 0 saturated carbocycles. The van der Waals surface area contributed by atoms with Gasteiger partial charge in [-0.1, -0.05) is 0 Å². The van der Waals surface area contributed by atoms with Crippen molar-refractivity contribution in [3.8, 4) is 5.75 Å². The van der Waals surface area contributed by atoms with E-state index in [9.17, 15) is 14.3 Å². The number of nitro benzene ring substituents is 1. The fraction of sp³-hybridized carbons (Fsp3) is 0.538. The first kappa shape index (κ1) is 16.6. The van der Waals surface area contributed by atoms with Gasteiger partial charge in [0.1, 0.15) is 5.75 Å². The largest absolute Gasteiger partial charge is 0.496 e. The highest BCUT2D eigenvalue weighted by molar-refractivity contribution is 7.84. The van der Waals surface area contributed by atoms with Crippen LogP contribution in [0.5, 0.6) is 5.75 Å². The minimum Gasteiger partial charge on any atom is -0.496 e. The molecule has 0 aliphatic rings. The molecule has 0 amide bonds. The van der Waals surface area contributed by atoms with Crippen LogP contribution >= 0.6 is 0 Å². The van der Waals surface area contributed by atoms with Crippen molar-refractivity contribution >= 4 is 16.5 Å². The third-order valence-corrected chi connectivity index (χ3v) is 3.70. The van der Waals surface area contributed by atoms with Gasteiger partial charge >= 0.3 is 0 Å². The summed E-state index contributed by atoms with van der Waals surface area (Å²) in [7, 11) is 0.683. The average molecular weight is 300 g/mol. The van der Waals surface area contributed by atoms with Crippen LogP contribution in [0.2, 0.25) is 0 Å². The number of ether oxygens (including phenoxy) is 1. The van der Waals surface area contributed by atoms with E-state index < -0.39 is 15.7 Å². The molecule has 7 heteroatoms. The third-order valence-electron chi connectivity index (χ3n) is 2.89. The van der Waals surface area contributed by atoms with Crippen LogP contribution < -0.4 is 10.1 Å². The van der Waals surface area contributed by atoms with Crippen molar-refractivity contribution in [1.82, 2.24) is 5.32 Å². The first-order valence-electron chi connectivity index (χ1n) is 6.28. The number of benzene rings is 1. The van der Waals surface area contributed by atoms with Crippen molar-refractivity contribution in [3.63, 3.8) is 0 Å². The maximum Gasteiger partial charge on any atom is 0.273 e. The number of rotatable bonds is 8. The van der Waals surface area contributed by atoms with Crippen molar-refractivity contribution in [2.45, 2.75) is 25.9 Å². The summed E-state index contributed by atoms with van der Waals surface area (Å²) in [5, 5.41) is 14.1. The Morgan fingerprint density at radius 2 is 2.15 bits per heavy atom. The molecule has 0 spiro atoms. The predicted octanol–water partition coefficient (Wildman–Crippen LogP) is 1.85. The van der Waals surface area contributed by atoms with E-state index in [0.717, 1.165) is 12.0 Å². The molecule has 0 fully saturated rings. The molecule has 0 bridgehead atoms. The second-order valence-electron chi connectivity index (χ2n) is 4.64. The SMILES string of the molecule is COc1cc(CNC(C)CCS(C)=O)cc([N+](=O)[O-])c1. The van der Waals surface area contributed by atoms with E-state index in [4.69, 9.17) is 4.74 Å². The smallest absolute Gasteiger partial charge is 0.273 e. The van der Waals surface area contributed by atoms with Gasteiger partial charge in [-0.05, 0) is 25.0 Å². The maximum atomic E-state index is 11.0. The van der Waals surface area contributed by atoms with Gasteiger partial charge in [0.05, 0.1) is 18.1 Å². The van der Waals surface area contributed by atoms with Gasteiger partial charge in [0.2, 0.25) is 0 Å². The Kier molecular flexibility index (Phi) is 6.60. The van der Waals surface area contributed by atoms with Crippen LogP contribution in [0.1, 0.15) is 18.9 Å². The first-order valence-corrected chi connectivity index (χ1v) is 8.01. The van der Waals surface area contributed by atoms with Gasteiger partial charge in [-0.15, -0.1) is 0 Å². The number of nitrogens with one attached hydrogen (secondary N) is 1. The van der Waals surface area contributed by atoms with Crippen molar-refractivity contribution in [2.75, 3.05) is 19.1 Å². The molecule has 0 aromatic heterocycles. The Hall–Kier alpha value is -1.47. The lowest BCUT2D eigenvalue weighted by Crippen LogP contribution is -2.27. The van der Waals surface area contributed by atoms with E-state index in [-0.39, 0.29) is 11.7 Å². The molecular formula is C13H20N2O4S. The number of nitrogens with zero attached hydrogens (tertiary/aromatic N) is 1. The molecule has 1 N–H and O–H groups in total. The van der Waals surface area contributed by atoms with Crippen molar-refractivity contribution in [2.24, 2.45) is 0 Å². The Morgan fingerprint density at radius 1 is 1.45 bits per heavy atom. The zero-order valence-corrected chi connectivity index (χ0v) is 12.7. The molecule has 112 valence electrons. The molecule has 0 heterocycles. The first-order chi connectivity index (χ1) is 9.42. The van der Waals surface area contributed by atoms with Gasteiger partial charge < -0.3 is 10.1 Å². The molecule has 1 aromatic rings. The minimum atomic E-state index is -0.798. The van der Waals surface area contributed by atoms with Crippen molar-refractivity contribution < 1.29 is 13.9 Å². The molecule has 0 radical (unpaired) electrons. The summed E-state index contributed by atoms with van der Waals surface area (Å²) in [5.41, 5.74) is 0.809. The maximum absolute atomic E-state index is 11.0. The van der Waals surface area contributed by atoms with E-state index in [1.54, 1.807) is 12.3 Å². The van der Waals surface area contributed by atoms with Gasteiger partial charge in [-0.3, -0.25) is 14.3 Å². The molecule has 0 aliphatic heterocycles. The summed E-state index contributed by atoms with van der Waals surface area (Å²) < 4.78 is 16.1. The van der Waals surface area contributed by atoms with Crippen LogP contribution in [0, 0.1) is 10.1 Å². The molecule has 2 unspecified atom stereocenters. The second-order valence-corrected chi connectivity index (χ2v) is 6.20. The molecule has 0 aliphatic carbocycles. The fourth-order valence-corrected chi connectivity index (χ4v) is 2.39. The van der Waals surface area contributed by atoms with E-state index in [1.165, 1.54) is 19.2 Å². The van der Waals surface area contributed by atoms with Gasteiger partial charge in [-0.2, -0.15) is 0 Å². The standard InChI is InChI=1S/C13H20N2O4S/c1-10(4-5-20(3)18)14-9-11-6-12(15(16)17)8-13(7-11)19-2/h6-8,10,14H,4-5,9H2,1-3H3. The lowest BCUT2D eigenvalue weighted by atomic mass is 10.1. The number of hydrogen-bond donors (Lipinski definition) is 1. The van der Waals surface area contributed by atoms with Crippen LogP contribution in [0.3, 0.4) is 0 Å². The van der Waals surface area contributed by atoms with Crippen LogP contribution in [0.15, 0.2) is 18.2 Å². The third kappa shape index (κ3) is 5.66. The predicted molar refractivity (Wildman–Crippen MR) is 79.5 cm³/mol. The quantitative estimate of drug-likeness (QED) is 0.585. The number of nitro groups is 1. The fourth-order valence-electron chi connectivity index (χ4n) is 1.71. The summed E-state index contributed by atoms with van der Waals surface area (Å²) in [4.78, 5) is 10.4. The van der Waals surface area contributed by atoms with Crippen LogP contribution in [-0.2, 0) is 17.3 Å². The Bertz CT molecular complexity index is 493. The molecule has 20 heavy (non-hydrogen) atoms. The topological polar surface area (TPSA) is 81.5 Å². The normalized spacial score (nSPS) is 13.8. The number of non-ortho nitro benzene ring substituents is 1. The second kappa shape index (κ2) is 7.96. The van der Waals surface area contributed by atoms with E-state index in [2.05, 4.69) is 5.32 Å². The minimum absolute atomic E-state index is 0.0171. The summed E-state index contributed by atoms with van der Waals surface area (Å²) >= 11 is 0. The highest BCUT2D eigenvalue weighted by atomic mass is 32.2. The molecule has 1 rings (SSSR count). The van der Waals surface area contributed by atoms with Crippen LogP contribution in [0.25, 0.3) is 0 Å². The zero-order valence-electron chi connectivity index (χ0n) is 11.9. The molecule has 1 aromatic carbocycles. The molecule has 2 atom stereocenters. The van der Waals surface area contributed by atoms with E-state index in [1.807, 2.05) is 6.92 Å². The average Bonchev–Trinajstić information content (AvgIpc) is 2.42. The highest BCUT2D eigenvalue weighted by Gasteiger charge is 2.11. The van der Waals surface area contributed by atoms with Gasteiger partial charge in [-0.25, -0.2) is 0 Å².